The normalized spacial score (nSPS) is 13.6. The summed E-state index contributed by atoms with van der Waals surface area (Å²) in [5.41, 5.74) is 5.32. The van der Waals surface area contributed by atoms with Gasteiger partial charge in [0.2, 0.25) is 0 Å². The van der Waals surface area contributed by atoms with Gasteiger partial charge in [0.25, 0.3) is 0 Å². The van der Waals surface area contributed by atoms with Gasteiger partial charge in [0.05, 0.1) is 13.2 Å². The molecule has 46 heavy (non-hydrogen) atoms. The van der Waals surface area contributed by atoms with Crippen molar-refractivity contribution in [3.63, 3.8) is 0 Å². The summed E-state index contributed by atoms with van der Waals surface area (Å²) < 4.78 is 32.6. The Kier molecular flexibility index (Phi) is 32.7. The SMILES string of the molecule is CCCCCCCC/C=C/CCCCCCCC(=O)OC[C@@H](COP(=O)(O)OCCN)OC(=O)CCCCCCCCCCCC. The Balaban J connectivity index is 4.21. The van der Waals surface area contributed by atoms with Crippen LogP contribution in [0.4, 0.5) is 0 Å². The van der Waals surface area contributed by atoms with Gasteiger partial charge in [-0.2, -0.15) is 0 Å². The van der Waals surface area contributed by atoms with E-state index in [-0.39, 0.29) is 38.6 Å². The first-order valence-corrected chi connectivity index (χ1v) is 20.2. The quantitative estimate of drug-likeness (QED) is 0.0291. The van der Waals surface area contributed by atoms with Crippen LogP contribution >= 0.6 is 7.82 Å². The van der Waals surface area contributed by atoms with Gasteiger partial charge in [-0.3, -0.25) is 18.6 Å². The molecule has 0 saturated carbocycles. The van der Waals surface area contributed by atoms with E-state index in [1.54, 1.807) is 0 Å². The highest BCUT2D eigenvalue weighted by atomic mass is 31.2. The van der Waals surface area contributed by atoms with E-state index in [1.807, 2.05) is 0 Å². The molecular formula is C36H70NO8P. The lowest BCUT2D eigenvalue weighted by Crippen LogP contribution is -2.29. The van der Waals surface area contributed by atoms with E-state index in [4.69, 9.17) is 24.3 Å². The van der Waals surface area contributed by atoms with Crippen molar-refractivity contribution in [2.45, 2.75) is 180 Å². The molecule has 272 valence electrons. The van der Waals surface area contributed by atoms with Crippen molar-refractivity contribution in [1.82, 2.24) is 0 Å². The molecule has 10 heteroatoms. The number of esters is 2. The molecule has 0 rings (SSSR count). The number of hydrogen-bond acceptors (Lipinski definition) is 8. The highest BCUT2D eigenvalue weighted by Gasteiger charge is 2.25. The number of carbonyl (C=O) groups is 2. The van der Waals surface area contributed by atoms with Gasteiger partial charge in [-0.1, -0.05) is 135 Å². The number of phosphoric ester groups is 1. The Labute approximate surface area is 281 Å². The van der Waals surface area contributed by atoms with Crippen LogP contribution in [-0.4, -0.2) is 49.3 Å². The van der Waals surface area contributed by atoms with Crippen molar-refractivity contribution in [3.05, 3.63) is 12.2 Å². The van der Waals surface area contributed by atoms with Gasteiger partial charge in [-0.25, -0.2) is 4.57 Å². The third-order valence-corrected chi connectivity index (χ3v) is 8.89. The van der Waals surface area contributed by atoms with Gasteiger partial charge in [-0.05, 0) is 38.5 Å². The van der Waals surface area contributed by atoms with E-state index in [1.165, 1.54) is 89.9 Å². The van der Waals surface area contributed by atoms with Crippen molar-refractivity contribution in [2.24, 2.45) is 5.73 Å². The molecule has 0 amide bonds. The number of nitrogens with two attached hydrogens (primary N) is 1. The average Bonchev–Trinajstić information content (AvgIpc) is 3.04. The van der Waals surface area contributed by atoms with E-state index in [0.717, 1.165) is 51.4 Å². The first-order valence-electron chi connectivity index (χ1n) is 18.7. The van der Waals surface area contributed by atoms with Crippen LogP contribution in [0.2, 0.25) is 0 Å². The van der Waals surface area contributed by atoms with Crippen LogP contribution in [0.5, 0.6) is 0 Å². The molecule has 0 aromatic carbocycles. The lowest BCUT2D eigenvalue weighted by atomic mass is 10.1. The minimum atomic E-state index is -4.36. The van der Waals surface area contributed by atoms with Crippen molar-refractivity contribution < 1.29 is 37.6 Å². The number of hydrogen-bond donors (Lipinski definition) is 2. The molecule has 0 aromatic heterocycles. The molecule has 2 atom stereocenters. The second-order valence-corrected chi connectivity index (χ2v) is 13.9. The summed E-state index contributed by atoms with van der Waals surface area (Å²) in [6.07, 6.45) is 31.0. The third-order valence-electron chi connectivity index (χ3n) is 7.90. The number of ether oxygens (including phenoxy) is 2. The van der Waals surface area contributed by atoms with Gasteiger partial charge < -0.3 is 20.1 Å². The van der Waals surface area contributed by atoms with Crippen LogP contribution in [-0.2, 0) is 32.7 Å². The summed E-state index contributed by atoms with van der Waals surface area (Å²) in [4.78, 5) is 34.6. The molecular weight excluding hydrogens is 605 g/mol. The van der Waals surface area contributed by atoms with Crippen LogP contribution in [0, 0.1) is 0 Å². The maximum Gasteiger partial charge on any atom is 0.472 e. The van der Waals surface area contributed by atoms with E-state index in [2.05, 4.69) is 26.0 Å². The zero-order valence-corrected chi connectivity index (χ0v) is 30.5. The molecule has 0 aliphatic carbocycles. The molecule has 0 aliphatic rings. The Morgan fingerprint density at radius 3 is 1.54 bits per heavy atom. The van der Waals surface area contributed by atoms with Crippen LogP contribution in [0.25, 0.3) is 0 Å². The molecule has 0 fully saturated rings. The highest BCUT2D eigenvalue weighted by molar-refractivity contribution is 7.47. The summed E-state index contributed by atoms with van der Waals surface area (Å²) in [5.74, 6) is -0.836. The second-order valence-electron chi connectivity index (χ2n) is 12.4. The zero-order valence-electron chi connectivity index (χ0n) is 29.6. The third kappa shape index (κ3) is 32.7. The monoisotopic (exact) mass is 675 g/mol. The Hall–Kier alpha value is -1.25. The first kappa shape index (κ1) is 44.8. The largest absolute Gasteiger partial charge is 0.472 e. The predicted octanol–water partition coefficient (Wildman–Crippen LogP) is 9.88. The van der Waals surface area contributed by atoms with Crippen LogP contribution in [0.3, 0.4) is 0 Å². The van der Waals surface area contributed by atoms with Crippen LogP contribution in [0.1, 0.15) is 174 Å². The van der Waals surface area contributed by atoms with E-state index < -0.39 is 26.5 Å². The van der Waals surface area contributed by atoms with Gasteiger partial charge in [0.1, 0.15) is 6.61 Å². The summed E-state index contributed by atoms with van der Waals surface area (Å²) in [7, 11) is -4.36. The van der Waals surface area contributed by atoms with E-state index in [9.17, 15) is 19.0 Å². The average molecular weight is 676 g/mol. The number of rotatable bonds is 35. The lowest BCUT2D eigenvalue weighted by molar-refractivity contribution is -0.161. The summed E-state index contributed by atoms with van der Waals surface area (Å²) >= 11 is 0. The van der Waals surface area contributed by atoms with E-state index in [0.29, 0.717) is 6.42 Å². The second kappa shape index (κ2) is 33.6. The highest BCUT2D eigenvalue weighted by Crippen LogP contribution is 2.43. The molecule has 0 heterocycles. The number of unbranched alkanes of at least 4 members (excludes halogenated alkanes) is 20. The maximum absolute atomic E-state index is 12.5. The van der Waals surface area contributed by atoms with E-state index >= 15 is 0 Å². The zero-order chi connectivity index (χ0) is 34.0. The fraction of sp³-hybridized carbons (Fsp3) is 0.889. The van der Waals surface area contributed by atoms with Gasteiger partial charge in [0, 0.05) is 19.4 Å². The molecule has 0 aliphatic heterocycles. The molecule has 0 radical (unpaired) electrons. The number of carbonyl (C=O) groups excluding carboxylic acids is 2. The van der Waals surface area contributed by atoms with Gasteiger partial charge >= 0.3 is 19.8 Å². The molecule has 0 bridgehead atoms. The van der Waals surface area contributed by atoms with Gasteiger partial charge in [-0.15, -0.1) is 0 Å². The van der Waals surface area contributed by atoms with Crippen molar-refractivity contribution in [2.75, 3.05) is 26.4 Å². The molecule has 0 saturated heterocycles. The maximum atomic E-state index is 12.5. The molecule has 0 aromatic rings. The summed E-state index contributed by atoms with van der Waals surface area (Å²) in [6, 6.07) is 0. The number of allylic oxidation sites excluding steroid dienone is 2. The summed E-state index contributed by atoms with van der Waals surface area (Å²) in [5, 5.41) is 0. The molecule has 1 unspecified atom stereocenters. The fourth-order valence-electron chi connectivity index (χ4n) is 5.10. The molecule has 0 spiro atoms. The molecule has 3 N–H and O–H groups in total. The van der Waals surface area contributed by atoms with Crippen LogP contribution in [0.15, 0.2) is 12.2 Å². The van der Waals surface area contributed by atoms with Crippen molar-refractivity contribution in [1.29, 1.82) is 0 Å². The Morgan fingerprint density at radius 2 is 1.07 bits per heavy atom. The fourth-order valence-corrected chi connectivity index (χ4v) is 5.86. The molecule has 9 nitrogen and oxygen atoms in total. The minimum Gasteiger partial charge on any atom is -0.462 e. The van der Waals surface area contributed by atoms with Gasteiger partial charge in [0.15, 0.2) is 6.10 Å². The Bertz CT molecular complexity index is 779. The standard InChI is InChI=1S/C36H70NO8P/c1-3-5-7-9-11-13-15-16-17-18-19-21-22-24-26-28-35(38)42-32-34(33-44-46(40,41)43-31-30-37)45-36(39)29-27-25-23-20-14-12-10-8-6-4-2/h16-17,34H,3-15,18-33,37H2,1-2H3,(H,40,41)/b17-16+/t34-/m0/s1. The smallest absolute Gasteiger partial charge is 0.462 e. The lowest BCUT2D eigenvalue weighted by Gasteiger charge is -2.19. The van der Waals surface area contributed by atoms with Crippen molar-refractivity contribution >= 4 is 19.8 Å². The van der Waals surface area contributed by atoms with Crippen molar-refractivity contribution in [3.8, 4) is 0 Å². The van der Waals surface area contributed by atoms with Crippen LogP contribution < -0.4 is 5.73 Å². The Morgan fingerprint density at radius 1 is 0.630 bits per heavy atom. The summed E-state index contributed by atoms with van der Waals surface area (Å²) in [6.45, 7) is 3.70. The number of phosphoric acid groups is 1. The minimum absolute atomic E-state index is 0.0547. The predicted molar refractivity (Wildman–Crippen MR) is 188 cm³/mol. The first-order chi connectivity index (χ1) is 22.3. The topological polar surface area (TPSA) is 134 Å².